The summed E-state index contributed by atoms with van der Waals surface area (Å²) in [4.78, 5) is 48.7. The molecule has 3 aromatic carbocycles. The zero-order valence-corrected chi connectivity index (χ0v) is 22.9. The van der Waals surface area contributed by atoms with Crippen LogP contribution in [0.1, 0.15) is 40.9 Å². The quantitative estimate of drug-likeness (QED) is 0.307. The van der Waals surface area contributed by atoms with E-state index >= 15 is 0 Å². The summed E-state index contributed by atoms with van der Waals surface area (Å²) in [5.41, 5.74) is 2.64. The van der Waals surface area contributed by atoms with Gasteiger partial charge in [-0.2, -0.15) is 4.31 Å². The lowest BCUT2D eigenvalue weighted by atomic mass is 9.92. The van der Waals surface area contributed by atoms with Gasteiger partial charge in [0.2, 0.25) is 15.9 Å². The van der Waals surface area contributed by atoms with Gasteiger partial charge in [-0.05, 0) is 60.0 Å². The summed E-state index contributed by atoms with van der Waals surface area (Å²) in [6, 6.07) is 16.8. The summed E-state index contributed by atoms with van der Waals surface area (Å²) in [7, 11) is -4.03. The van der Waals surface area contributed by atoms with Crippen LogP contribution in [0.2, 0.25) is 0 Å². The number of nitrogens with one attached hydrogen (secondary N) is 2. The van der Waals surface area contributed by atoms with Crippen LogP contribution in [0.25, 0.3) is 0 Å². The number of ketones is 1. The molecular formula is C29H27N3O8S. The van der Waals surface area contributed by atoms with E-state index in [9.17, 15) is 27.6 Å². The first-order chi connectivity index (χ1) is 19.6. The van der Waals surface area contributed by atoms with Gasteiger partial charge >= 0.3 is 5.97 Å². The Morgan fingerprint density at radius 2 is 1.83 bits per heavy atom. The highest BCUT2D eigenvalue weighted by Gasteiger charge is 2.38. The minimum absolute atomic E-state index is 0.0167. The molecule has 2 aliphatic rings. The molecule has 0 aromatic heterocycles. The van der Waals surface area contributed by atoms with E-state index in [4.69, 9.17) is 9.47 Å². The van der Waals surface area contributed by atoms with Gasteiger partial charge in [0.15, 0.2) is 19.0 Å². The molecule has 0 saturated carbocycles. The Hall–Kier alpha value is -4.55. The number of Topliss-reactive ketones (excluding diaryl/α,β-unsaturated/α-hetero) is 1. The Kier molecular flexibility index (Phi) is 7.86. The molecule has 212 valence electrons. The van der Waals surface area contributed by atoms with Crippen molar-refractivity contribution in [3.05, 3.63) is 83.4 Å². The number of sulfonamides is 1. The van der Waals surface area contributed by atoms with Gasteiger partial charge in [0, 0.05) is 24.7 Å². The topological polar surface area (TPSA) is 148 Å². The monoisotopic (exact) mass is 577 g/mol. The fraction of sp³-hybridized carbons (Fsp3) is 0.241. The van der Waals surface area contributed by atoms with E-state index in [1.54, 1.807) is 18.2 Å². The van der Waals surface area contributed by atoms with Gasteiger partial charge in [-0.25, -0.2) is 8.42 Å². The van der Waals surface area contributed by atoms with Gasteiger partial charge in [-0.1, -0.05) is 24.3 Å². The van der Waals surface area contributed by atoms with Gasteiger partial charge in [0.25, 0.3) is 5.91 Å². The van der Waals surface area contributed by atoms with Gasteiger partial charge in [-0.3, -0.25) is 19.2 Å². The molecule has 2 heterocycles. The molecule has 1 atom stereocenters. The SMILES string of the molecule is CC(=O)Nc1ccc(S(=O)(=O)N2CCc3ccccc3C2CC(=O)OCC(=O)c2ccc3c(c2)NC(=O)CO3)cc1. The van der Waals surface area contributed by atoms with Crippen LogP contribution >= 0.6 is 0 Å². The van der Waals surface area contributed by atoms with Gasteiger partial charge in [-0.15, -0.1) is 0 Å². The zero-order chi connectivity index (χ0) is 29.1. The molecule has 3 aromatic rings. The highest BCUT2D eigenvalue weighted by atomic mass is 32.2. The summed E-state index contributed by atoms with van der Waals surface area (Å²) in [5.74, 6) is -1.42. The molecule has 0 aliphatic carbocycles. The number of carbonyl (C=O) groups is 4. The van der Waals surface area contributed by atoms with Crippen molar-refractivity contribution in [1.82, 2.24) is 4.31 Å². The van der Waals surface area contributed by atoms with E-state index in [2.05, 4.69) is 10.6 Å². The van der Waals surface area contributed by atoms with E-state index < -0.39 is 34.4 Å². The van der Waals surface area contributed by atoms with Crippen LogP contribution in [-0.2, 0) is 35.6 Å². The van der Waals surface area contributed by atoms with Crippen molar-refractivity contribution in [3.8, 4) is 5.75 Å². The molecule has 0 radical (unpaired) electrons. The largest absolute Gasteiger partial charge is 0.482 e. The minimum atomic E-state index is -4.03. The summed E-state index contributed by atoms with van der Waals surface area (Å²) >= 11 is 0. The second-order valence-electron chi connectivity index (χ2n) is 9.62. The zero-order valence-electron chi connectivity index (χ0n) is 22.1. The maximum atomic E-state index is 13.7. The van der Waals surface area contributed by atoms with E-state index in [-0.39, 0.29) is 41.8 Å². The van der Waals surface area contributed by atoms with Crippen LogP contribution in [0.3, 0.4) is 0 Å². The molecule has 0 fully saturated rings. The lowest BCUT2D eigenvalue weighted by molar-refractivity contribution is -0.143. The number of hydrogen-bond acceptors (Lipinski definition) is 8. The van der Waals surface area contributed by atoms with Crippen LogP contribution in [0.4, 0.5) is 11.4 Å². The van der Waals surface area contributed by atoms with Gasteiger partial charge in [0.1, 0.15) is 5.75 Å². The second-order valence-corrected chi connectivity index (χ2v) is 11.5. The van der Waals surface area contributed by atoms with E-state index in [0.29, 0.717) is 29.1 Å². The van der Waals surface area contributed by atoms with Crippen LogP contribution in [-0.4, -0.2) is 56.0 Å². The van der Waals surface area contributed by atoms with E-state index in [1.165, 1.54) is 47.6 Å². The number of ether oxygens (including phenoxy) is 2. The van der Waals surface area contributed by atoms with E-state index in [0.717, 1.165) is 5.56 Å². The fourth-order valence-electron chi connectivity index (χ4n) is 4.88. The van der Waals surface area contributed by atoms with Crippen molar-refractivity contribution in [3.63, 3.8) is 0 Å². The van der Waals surface area contributed by atoms with Crippen molar-refractivity contribution in [2.75, 3.05) is 30.4 Å². The third kappa shape index (κ3) is 6.13. The van der Waals surface area contributed by atoms with E-state index in [1.807, 2.05) is 12.1 Å². The van der Waals surface area contributed by atoms with Crippen molar-refractivity contribution in [2.24, 2.45) is 0 Å². The molecule has 2 amide bonds. The second kappa shape index (κ2) is 11.5. The first-order valence-electron chi connectivity index (χ1n) is 12.8. The van der Waals surface area contributed by atoms with Crippen LogP contribution in [0.5, 0.6) is 5.75 Å². The predicted octanol–water partition coefficient (Wildman–Crippen LogP) is 3.08. The summed E-state index contributed by atoms with van der Waals surface area (Å²) in [5, 5.41) is 5.22. The van der Waals surface area contributed by atoms with Gasteiger partial charge in [0.05, 0.1) is 23.0 Å². The van der Waals surface area contributed by atoms with Crippen LogP contribution < -0.4 is 15.4 Å². The molecular weight excluding hydrogens is 550 g/mol. The normalized spacial score (nSPS) is 16.4. The number of amides is 2. The molecule has 2 aliphatic heterocycles. The van der Waals surface area contributed by atoms with Gasteiger partial charge < -0.3 is 20.1 Å². The number of esters is 1. The number of fused-ring (bicyclic) bond motifs is 2. The molecule has 0 spiro atoms. The molecule has 0 saturated heterocycles. The molecule has 5 rings (SSSR count). The minimum Gasteiger partial charge on any atom is -0.482 e. The Balaban J connectivity index is 1.32. The molecule has 41 heavy (non-hydrogen) atoms. The first kappa shape index (κ1) is 28.0. The fourth-order valence-corrected chi connectivity index (χ4v) is 6.49. The summed E-state index contributed by atoms with van der Waals surface area (Å²) < 4.78 is 39.3. The number of benzene rings is 3. The molecule has 0 bridgehead atoms. The Bertz CT molecular complexity index is 1640. The lowest BCUT2D eigenvalue weighted by Crippen LogP contribution is -2.41. The predicted molar refractivity (Wildman–Crippen MR) is 148 cm³/mol. The van der Waals surface area contributed by atoms with Crippen molar-refractivity contribution < 1.29 is 37.1 Å². The summed E-state index contributed by atoms with van der Waals surface area (Å²) in [6.07, 6.45) is 0.156. The Morgan fingerprint density at radius 1 is 1.07 bits per heavy atom. The van der Waals surface area contributed by atoms with Crippen molar-refractivity contribution in [2.45, 2.75) is 30.7 Å². The third-order valence-corrected chi connectivity index (χ3v) is 8.73. The Labute approximate surface area is 236 Å². The highest BCUT2D eigenvalue weighted by Crippen LogP contribution is 2.37. The number of hydrogen-bond donors (Lipinski definition) is 2. The van der Waals surface area contributed by atoms with Crippen molar-refractivity contribution >= 4 is 45.0 Å². The number of rotatable bonds is 8. The first-order valence-corrected chi connectivity index (χ1v) is 14.3. The van der Waals surface area contributed by atoms with Crippen LogP contribution in [0, 0.1) is 0 Å². The maximum Gasteiger partial charge on any atom is 0.308 e. The number of anilines is 2. The molecule has 2 N–H and O–H groups in total. The molecule has 11 nitrogen and oxygen atoms in total. The summed E-state index contributed by atoms with van der Waals surface area (Å²) in [6.45, 7) is 0.830. The smallest absolute Gasteiger partial charge is 0.308 e. The standard InChI is InChI=1S/C29H27N3O8S/c1-18(33)30-21-7-9-22(10-8-21)41(37,38)32-13-12-19-4-2-3-5-23(19)25(32)15-29(36)40-16-26(34)20-6-11-27-24(14-20)31-28(35)17-39-27/h2-11,14,25H,12-13,15-17H2,1H3,(H,30,33)(H,31,35). The highest BCUT2D eigenvalue weighted by molar-refractivity contribution is 7.89. The number of carbonyl (C=O) groups excluding carboxylic acids is 4. The average molecular weight is 578 g/mol. The lowest BCUT2D eigenvalue weighted by Gasteiger charge is -2.36. The Morgan fingerprint density at radius 3 is 2.59 bits per heavy atom. The maximum absolute atomic E-state index is 13.7. The number of nitrogens with zero attached hydrogens (tertiary/aromatic N) is 1. The molecule has 12 heteroatoms. The molecule has 1 unspecified atom stereocenters. The van der Waals surface area contributed by atoms with Crippen molar-refractivity contribution in [1.29, 1.82) is 0 Å². The third-order valence-electron chi connectivity index (χ3n) is 6.80. The van der Waals surface area contributed by atoms with Crippen LogP contribution in [0.15, 0.2) is 71.6 Å². The average Bonchev–Trinajstić information content (AvgIpc) is 2.95.